The highest BCUT2D eigenvalue weighted by atomic mass is 32.1. The van der Waals surface area contributed by atoms with Gasteiger partial charge in [-0.1, -0.05) is 60.7 Å². The smallest absolute Gasteiger partial charge is 0.00989 e. The molecule has 0 unspecified atom stereocenters. The maximum absolute atomic E-state index is 2.29. The van der Waals surface area contributed by atoms with Crippen LogP contribution in [0.3, 0.4) is 0 Å². The van der Waals surface area contributed by atoms with Gasteiger partial charge in [0.15, 0.2) is 0 Å². The summed E-state index contributed by atoms with van der Waals surface area (Å²) in [6.07, 6.45) is 2.01. The number of rotatable bonds is 5. The lowest BCUT2D eigenvalue weighted by Crippen LogP contribution is -1.96. The number of benzene rings is 2. The van der Waals surface area contributed by atoms with Crippen LogP contribution in [0.5, 0.6) is 0 Å². The molecule has 0 saturated heterocycles. The molecule has 142 valence electrons. The zero-order chi connectivity index (χ0) is 19.7. The van der Waals surface area contributed by atoms with Crippen molar-refractivity contribution in [3.8, 4) is 11.1 Å². The topological polar surface area (TPSA) is 0 Å². The van der Waals surface area contributed by atoms with Gasteiger partial charge >= 0.3 is 0 Å². The van der Waals surface area contributed by atoms with Crippen LogP contribution in [0, 0.1) is 27.7 Å². The van der Waals surface area contributed by atoms with Crippen LogP contribution >= 0.6 is 22.7 Å². The Morgan fingerprint density at radius 2 is 0.857 bits per heavy atom. The van der Waals surface area contributed by atoms with Crippen molar-refractivity contribution in [3.63, 3.8) is 0 Å². The molecule has 0 aliphatic heterocycles. The third kappa shape index (κ3) is 3.72. The molecule has 0 aliphatic rings. The van der Waals surface area contributed by atoms with Crippen LogP contribution in [-0.4, -0.2) is 0 Å². The monoisotopic (exact) mass is 402 g/mol. The van der Waals surface area contributed by atoms with Gasteiger partial charge < -0.3 is 0 Å². The molecule has 2 heterocycles. The molecule has 0 radical (unpaired) electrons. The summed E-state index contributed by atoms with van der Waals surface area (Å²) >= 11 is 3.90. The fourth-order valence-corrected chi connectivity index (χ4v) is 6.31. The van der Waals surface area contributed by atoms with E-state index < -0.39 is 0 Å². The Morgan fingerprint density at radius 1 is 0.500 bits per heavy atom. The summed E-state index contributed by atoms with van der Waals surface area (Å²) in [5.74, 6) is 0. The van der Waals surface area contributed by atoms with Gasteiger partial charge in [0.25, 0.3) is 0 Å². The predicted molar refractivity (Wildman–Crippen MR) is 125 cm³/mol. The van der Waals surface area contributed by atoms with Gasteiger partial charge in [0.1, 0.15) is 0 Å². The van der Waals surface area contributed by atoms with Crippen molar-refractivity contribution in [1.29, 1.82) is 0 Å². The quantitative estimate of drug-likeness (QED) is 0.318. The summed E-state index contributed by atoms with van der Waals surface area (Å²) < 4.78 is 0. The van der Waals surface area contributed by atoms with Crippen LogP contribution in [-0.2, 0) is 12.8 Å². The van der Waals surface area contributed by atoms with Crippen LogP contribution in [0.2, 0.25) is 0 Å². The molecule has 2 aromatic heterocycles. The number of hydrogen-bond acceptors (Lipinski definition) is 2. The van der Waals surface area contributed by atoms with E-state index in [2.05, 4.69) is 88.4 Å². The highest BCUT2D eigenvalue weighted by Crippen LogP contribution is 2.44. The van der Waals surface area contributed by atoms with E-state index in [1.165, 1.54) is 52.9 Å². The lowest BCUT2D eigenvalue weighted by atomic mass is 9.90. The van der Waals surface area contributed by atoms with E-state index in [1.807, 2.05) is 22.7 Å². The first kappa shape index (κ1) is 19.2. The fraction of sp³-hybridized carbons (Fsp3) is 0.231. The molecule has 4 rings (SSSR count). The van der Waals surface area contributed by atoms with E-state index in [0.29, 0.717) is 0 Å². The molecule has 28 heavy (non-hydrogen) atoms. The van der Waals surface area contributed by atoms with Crippen LogP contribution < -0.4 is 0 Å². The van der Waals surface area contributed by atoms with E-state index >= 15 is 0 Å². The summed E-state index contributed by atoms with van der Waals surface area (Å²) in [6.45, 7) is 9.15. The van der Waals surface area contributed by atoms with E-state index in [1.54, 1.807) is 0 Å². The van der Waals surface area contributed by atoms with Crippen molar-refractivity contribution in [2.45, 2.75) is 40.5 Å². The van der Waals surface area contributed by atoms with E-state index in [4.69, 9.17) is 0 Å². The molecule has 0 aliphatic carbocycles. The molecule has 0 N–H and O–H groups in total. The Hall–Kier alpha value is -2.16. The van der Waals surface area contributed by atoms with Crippen molar-refractivity contribution in [1.82, 2.24) is 0 Å². The SMILES string of the molecule is Cc1sc(C)c(-c2c(C)sc(C)c2Cc2ccccc2)c1Cc1ccccc1. The van der Waals surface area contributed by atoms with Crippen LogP contribution in [0.15, 0.2) is 60.7 Å². The normalized spacial score (nSPS) is 11.1. The second kappa shape index (κ2) is 8.06. The summed E-state index contributed by atoms with van der Waals surface area (Å²) in [4.78, 5) is 5.79. The number of thiophene rings is 2. The number of aryl methyl sites for hydroxylation is 4. The maximum Gasteiger partial charge on any atom is 0.00989 e. The van der Waals surface area contributed by atoms with Crippen molar-refractivity contribution < 1.29 is 0 Å². The zero-order valence-electron chi connectivity index (χ0n) is 17.0. The first-order valence-corrected chi connectivity index (χ1v) is 11.4. The van der Waals surface area contributed by atoms with Crippen LogP contribution in [0.4, 0.5) is 0 Å². The molecule has 0 amide bonds. The molecule has 0 nitrogen and oxygen atoms in total. The lowest BCUT2D eigenvalue weighted by molar-refractivity contribution is 1.16. The molecule has 4 aromatic rings. The van der Waals surface area contributed by atoms with Gasteiger partial charge in [-0.05, 0) is 62.8 Å². The van der Waals surface area contributed by atoms with E-state index in [9.17, 15) is 0 Å². The van der Waals surface area contributed by atoms with Gasteiger partial charge in [-0.25, -0.2) is 0 Å². The number of hydrogen-bond donors (Lipinski definition) is 0. The Labute approximate surface area is 176 Å². The summed E-state index contributed by atoms with van der Waals surface area (Å²) in [5.41, 5.74) is 8.75. The average Bonchev–Trinajstić information content (AvgIpc) is 3.11. The third-order valence-corrected chi connectivity index (χ3v) is 7.59. The van der Waals surface area contributed by atoms with Gasteiger partial charge in [0.05, 0.1) is 0 Å². The van der Waals surface area contributed by atoms with Crippen molar-refractivity contribution in [2.24, 2.45) is 0 Å². The second-order valence-electron chi connectivity index (χ2n) is 7.46. The van der Waals surface area contributed by atoms with Gasteiger partial charge in [-0.2, -0.15) is 0 Å². The van der Waals surface area contributed by atoms with Crippen molar-refractivity contribution >= 4 is 22.7 Å². The standard InChI is InChI=1S/C26H26S2/c1-17-23(15-21-11-7-5-8-12-21)25(19(3)27-17)26-20(4)28-18(2)24(26)16-22-13-9-6-10-14-22/h5-14H,15-16H2,1-4H3. The highest BCUT2D eigenvalue weighted by molar-refractivity contribution is 7.13. The summed E-state index contributed by atoms with van der Waals surface area (Å²) in [5, 5.41) is 0. The Bertz CT molecular complexity index is 993. The van der Waals surface area contributed by atoms with Crippen LogP contribution in [0.1, 0.15) is 41.8 Å². The molecule has 0 spiro atoms. The largest absolute Gasteiger partial charge is 0.145 e. The molecule has 0 bridgehead atoms. The molecular formula is C26H26S2. The molecule has 2 heteroatoms. The molecule has 2 aromatic carbocycles. The second-order valence-corrected chi connectivity index (χ2v) is 10.3. The van der Waals surface area contributed by atoms with Crippen LogP contribution in [0.25, 0.3) is 11.1 Å². The minimum absolute atomic E-state index is 1.01. The predicted octanol–water partition coefficient (Wildman–Crippen LogP) is 7.89. The first-order chi connectivity index (χ1) is 13.5. The Kier molecular flexibility index (Phi) is 5.52. The molecular weight excluding hydrogens is 376 g/mol. The molecule has 0 fully saturated rings. The zero-order valence-corrected chi connectivity index (χ0v) is 18.6. The summed E-state index contributed by atoms with van der Waals surface area (Å²) in [6, 6.07) is 21.7. The van der Waals surface area contributed by atoms with Crippen molar-refractivity contribution in [2.75, 3.05) is 0 Å². The van der Waals surface area contributed by atoms with Gasteiger partial charge in [0.2, 0.25) is 0 Å². The Balaban J connectivity index is 1.84. The van der Waals surface area contributed by atoms with Gasteiger partial charge in [-0.3, -0.25) is 0 Å². The minimum atomic E-state index is 1.01. The molecule has 0 atom stereocenters. The van der Waals surface area contributed by atoms with Crippen molar-refractivity contribution in [3.05, 3.63) is 102 Å². The summed E-state index contributed by atoms with van der Waals surface area (Å²) in [7, 11) is 0. The third-order valence-electron chi connectivity index (χ3n) is 5.47. The highest BCUT2D eigenvalue weighted by Gasteiger charge is 2.22. The fourth-order valence-electron chi connectivity index (χ4n) is 4.14. The first-order valence-electron chi connectivity index (χ1n) is 9.80. The van der Waals surface area contributed by atoms with Gasteiger partial charge in [-0.15, -0.1) is 22.7 Å². The maximum atomic E-state index is 2.29. The lowest BCUT2D eigenvalue weighted by Gasteiger charge is -2.12. The van der Waals surface area contributed by atoms with Gasteiger partial charge in [0, 0.05) is 30.6 Å². The Morgan fingerprint density at radius 3 is 1.21 bits per heavy atom. The van der Waals surface area contributed by atoms with E-state index in [0.717, 1.165) is 12.8 Å². The van der Waals surface area contributed by atoms with E-state index in [-0.39, 0.29) is 0 Å². The minimum Gasteiger partial charge on any atom is -0.145 e. The molecule has 0 saturated carbocycles. The average molecular weight is 403 g/mol.